The van der Waals surface area contributed by atoms with Gasteiger partial charge in [-0.25, -0.2) is 4.79 Å². The lowest BCUT2D eigenvalue weighted by molar-refractivity contribution is -0.757. The lowest BCUT2D eigenvalue weighted by Crippen LogP contribution is -2.41. The van der Waals surface area contributed by atoms with Crippen molar-refractivity contribution in [1.29, 1.82) is 0 Å². The fourth-order valence-corrected chi connectivity index (χ4v) is 1.60. The molecule has 1 heterocycles. The molecule has 0 aliphatic rings. The molecule has 1 atom stereocenters. The van der Waals surface area contributed by atoms with Crippen molar-refractivity contribution in [3.8, 4) is 0 Å². The summed E-state index contributed by atoms with van der Waals surface area (Å²) in [6, 6.07) is 3.21. The zero-order valence-electron chi connectivity index (χ0n) is 13.6. The second-order valence-corrected chi connectivity index (χ2v) is 4.93. The normalized spacial score (nSPS) is 11.2. The molecule has 0 aliphatic carbocycles. The number of amides is 2. The van der Waals surface area contributed by atoms with Gasteiger partial charge in [0, 0.05) is 18.7 Å². The highest BCUT2D eigenvalue weighted by Crippen LogP contribution is 1.95. The van der Waals surface area contributed by atoms with Crippen LogP contribution in [-0.2, 0) is 16.3 Å². The van der Waals surface area contributed by atoms with Crippen LogP contribution in [0.25, 0.3) is 0 Å². The summed E-state index contributed by atoms with van der Waals surface area (Å²) in [6.07, 6.45) is 3.39. The first-order chi connectivity index (χ1) is 11.4. The maximum Gasteiger partial charge on any atom is 0.412 e. The summed E-state index contributed by atoms with van der Waals surface area (Å²) in [4.78, 5) is 37.5. The first-order valence-electron chi connectivity index (χ1n) is 7.40. The molecule has 1 rings (SSSR count). The number of hydrogen-bond donors (Lipinski definition) is 2. The molecule has 0 saturated carbocycles. The first kappa shape index (κ1) is 19.1. The average Bonchev–Trinajstić information content (AvgIpc) is 2.56. The second-order valence-electron chi connectivity index (χ2n) is 4.93. The third kappa shape index (κ3) is 7.38. The molecule has 2 N–H and O–H groups in total. The number of alkyl carbamates (subject to hydrolysis) is 1. The number of carbonyl (C=O) groups is 2. The second kappa shape index (κ2) is 9.98. The van der Waals surface area contributed by atoms with Crippen molar-refractivity contribution in [1.82, 2.24) is 10.6 Å². The Morgan fingerprint density at radius 2 is 2.21 bits per heavy atom. The summed E-state index contributed by atoms with van der Waals surface area (Å²) >= 11 is 0. The molecule has 24 heavy (non-hydrogen) atoms. The largest absolute Gasteiger partial charge is 0.412 e. The van der Waals surface area contributed by atoms with E-state index in [0.717, 1.165) is 6.42 Å². The lowest BCUT2D eigenvalue weighted by Gasteiger charge is -2.10. The smallest absolute Gasteiger partial charge is 0.388 e. The van der Waals surface area contributed by atoms with Crippen molar-refractivity contribution in [3.63, 3.8) is 0 Å². The van der Waals surface area contributed by atoms with Crippen LogP contribution in [0.4, 0.5) is 4.79 Å². The summed E-state index contributed by atoms with van der Waals surface area (Å²) < 4.78 is 6.57. The van der Waals surface area contributed by atoms with Crippen LogP contribution < -0.4 is 15.2 Å². The quantitative estimate of drug-likeness (QED) is 0.290. The summed E-state index contributed by atoms with van der Waals surface area (Å²) in [5.41, 5.74) is 0.324. The minimum absolute atomic E-state index is 0.00250. The molecule has 1 aromatic rings. The molecule has 0 aromatic carbocycles. The Morgan fingerprint density at radius 3 is 2.88 bits per heavy atom. The van der Waals surface area contributed by atoms with Gasteiger partial charge in [-0.05, 0) is 19.4 Å². The molecular weight excluding hydrogens is 320 g/mol. The van der Waals surface area contributed by atoms with E-state index >= 15 is 0 Å². The van der Waals surface area contributed by atoms with Gasteiger partial charge in [0.2, 0.25) is 0 Å². The molecule has 0 aliphatic heterocycles. The van der Waals surface area contributed by atoms with Crippen LogP contribution >= 0.6 is 0 Å². The Morgan fingerprint density at radius 1 is 1.46 bits per heavy atom. The summed E-state index contributed by atoms with van der Waals surface area (Å²) in [5, 5.41) is 14.2. The van der Waals surface area contributed by atoms with Crippen molar-refractivity contribution in [3.05, 3.63) is 40.2 Å². The predicted octanol–water partition coefficient (Wildman–Crippen LogP) is 0.394. The predicted molar refractivity (Wildman–Crippen MR) is 81.3 cm³/mol. The van der Waals surface area contributed by atoms with Gasteiger partial charge in [-0.15, -0.1) is 10.1 Å². The monoisotopic (exact) mass is 341 g/mol. The summed E-state index contributed by atoms with van der Waals surface area (Å²) in [5.74, 6) is -0.416. The maximum absolute atomic E-state index is 11.9. The number of nitrogens with one attached hydrogen (secondary N) is 2. The molecule has 2 amide bonds. The van der Waals surface area contributed by atoms with Gasteiger partial charge in [0.1, 0.15) is 12.2 Å². The zero-order chi connectivity index (χ0) is 17.9. The Hall–Kier alpha value is -2.91. The van der Waals surface area contributed by atoms with E-state index in [1.54, 1.807) is 18.3 Å². The molecule has 132 valence electrons. The minimum Gasteiger partial charge on any atom is -0.388 e. The SMILES string of the molecule is CCC(C)NC(=O)OC[n+]1cccc(C(=O)NCCO[N+](=O)[O-])c1. The molecule has 0 spiro atoms. The van der Waals surface area contributed by atoms with E-state index < -0.39 is 17.1 Å². The number of rotatable bonds is 9. The van der Waals surface area contributed by atoms with Gasteiger partial charge in [-0.1, -0.05) is 6.92 Å². The van der Waals surface area contributed by atoms with Crippen molar-refractivity contribution in [2.45, 2.75) is 33.0 Å². The van der Waals surface area contributed by atoms with Crippen molar-refractivity contribution < 1.29 is 28.8 Å². The van der Waals surface area contributed by atoms with E-state index in [0.29, 0.717) is 5.56 Å². The van der Waals surface area contributed by atoms with Crippen LogP contribution in [0, 0.1) is 10.1 Å². The van der Waals surface area contributed by atoms with E-state index in [2.05, 4.69) is 15.5 Å². The average molecular weight is 341 g/mol. The van der Waals surface area contributed by atoms with Gasteiger partial charge in [0.15, 0.2) is 12.4 Å². The van der Waals surface area contributed by atoms with E-state index in [1.165, 1.54) is 10.8 Å². The van der Waals surface area contributed by atoms with E-state index in [9.17, 15) is 19.7 Å². The number of pyridine rings is 1. The molecule has 0 radical (unpaired) electrons. The van der Waals surface area contributed by atoms with E-state index in [-0.39, 0.29) is 25.9 Å². The van der Waals surface area contributed by atoms with Crippen LogP contribution in [-0.4, -0.2) is 36.3 Å². The highest BCUT2D eigenvalue weighted by atomic mass is 16.9. The first-order valence-corrected chi connectivity index (χ1v) is 7.40. The van der Waals surface area contributed by atoms with Crippen LogP contribution in [0.5, 0.6) is 0 Å². The standard InChI is InChI=1S/C14H20N4O6/c1-3-11(2)16-14(20)23-10-17-7-4-5-12(9-17)13(19)15-6-8-24-18(21)22/h4-5,7,9,11H,3,6,8,10H2,1-2H3,(H-,15,16,19,20)/p+1. The molecule has 1 unspecified atom stereocenters. The highest BCUT2D eigenvalue weighted by molar-refractivity contribution is 5.93. The third-order valence-electron chi connectivity index (χ3n) is 3.03. The van der Waals surface area contributed by atoms with Crippen LogP contribution in [0.15, 0.2) is 24.5 Å². The Kier molecular flexibility index (Phi) is 7.96. The van der Waals surface area contributed by atoms with Gasteiger partial charge in [0.05, 0.1) is 0 Å². The summed E-state index contributed by atoms with van der Waals surface area (Å²) in [6.45, 7) is 3.53. The van der Waals surface area contributed by atoms with E-state index in [4.69, 9.17) is 4.74 Å². The Labute approximate surface area is 138 Å². The van der Waals surface area contributed by atoms with Crippen molar-refractivity contribution in [2.75, 3.05) is 13.2 Å². The van der Waals surface area contributed by atoms with Crippen LogP contribution in [0.2, 0.25) is 0 Å². The molecule has 10 heteroatoms. The number of nitrogens with zero attached hydrogens (tertiary/aromatic N) is 2. The molecule has 10 nitrogen and oxygen atoms in total. The lowest BCUT2D eigenvalue weighted by atomic mass is 10.2. The molecule has 0 saturated heterocycles. The zero-order valence-corrected chi connectivity index (χ0v) is 13.6. The maximum atomic E-state index is 11.9. The van der Waals surface area contributed by atoms with Crippen LogP contribution in [0.1, 0.15) is 30.6 Å². The van der Waals surface area contributed by atoms with Gasteiger partial charge >= 0.3 is 6.09 Å². The van der Waals surface area contributed by atoms with Gasteiger partial charge in [-0.2, -0.15) is 4.57 Å². The van der Waals surface area contributed by atoms with Crippen LogP contribution in [0.3, 0.4) is 0 Å². The fourth-order valence-electron chi connectivity index (χ4n) is 1.60. The third-order valence-corrected chi connectivity index (χ3v) is 3.03. The van der Waals surface area contributed by atoms with Crippen molar-refractivity contribution >= 4 is 12.0 Å². The summed E-state index contributed by atoms with van der Waals surface area (Å²) in [7, 11) is 0. The van der Waals surface area contributed by atoms with E-state index in [1.807, 2.05) is 13.8 Å². The molecule has 0 bridgehead atoms. The molecule has 1 aromatic heterocycles. The van der Waals surface area contributed by atoms with Gasteiger partial charge in [0.25, 0.3) is 17.7 Å². The number of ether oxygens (including phenoxy) is 1. The minimum atomic E-state index is -0.926. The fraction of sp³-hybridized carbons (Fsp3) is 0.500. The number of hydrogen-bond acceptors (Lipinski definition) is 6. The van der Waals surface area contributed by atoms with Gasteiger partial charge in [-0.3, -0.25) is 4.79 Å². The number of carbonyl (C=O) groups excluding carboxylic acids is 2. The Bertz CT molecular complexity index is 580. The molecular formula is C14H21N4O6+. The topological polar surface area (TPSA) is 124 Å². The van der Waals surface area contributed by atoms with Gasteiger partial charge < -0.3 is 20.2 Å². The van der Waals surface area contributed by atoms with Crippen molar-refractivity contribution in [2.24, 2.45) is 0 Å². The highest BCUT2D eigenvalue weighted by Gasteiger charge is 2.13. The molecule has 0 fully saturated rings. The number of aromatic nitrogens is 1. The Balaban J connectivity index is 2.46.